The summed E-state index contributed by atoms with van der Waals surface area (Å²) in [5.41, 5.74) is 2.53. The zero-order valence-corrected chi connectivity index (χ0v) is 20.1. The van der Waals surface area contributed by atoms with Crippen molar-refractivity contribution in [2.24, 2.45) is 5.41 Å². The summed E-state index contributed by atoms with van der Waals surface area (Å²) >= 11 is 1.42. The summed E-state index contributed by atoms with van der Waals surface area (Å²) in [6, 6.07) is 7.86. The highest BCUT2D eigenvalue weighted by atomic mass is 32.1. The molecular formula is C25H33N3O3S. The van der Waals surface area contributed by atoms with Gasteiger partial charge in [0.05, 0.1) is 5.56 Å². The second-order valence-electron chi connectivity index (χ2n) is 10.5. The van der Waals surface area contributed by atoms with E-state index >= 15 is 0 Å². The largest absolute Gasteiger partial charge is 0.478 e. The van der Waals surface area contributed by atoms with E-state index in [2.05, 4.69) is 43.6 Å². The number of piperidine rings is 1. The molecule has 4 rings (SSSR count). The molecular weight excluding hydrogens is 422 g/mol. The number of carboxylic acids is 1. The minimum atomic E-state index is -0.979. The average molecular weight is 456 g/mol. The summed E-state index contributed by atoms with van der Waals surface area (Å²) in [5, 5.41) is 20.2. The van der Waals surface area contributed by atoms with E-state index in [0.29, 0.717) is 23.0 Å². The van der Waals surface area contributed by atoms with Crippen LogP contribution in [0.5, 0.6) is 0 Å². The van der Waals surface area contributed by atoms with Crippen molar-refractivity contribution in [1.29, 1.82) is 0 Å². The lowest BCUT2D eigenvalue weighted by atomic mass is 9.65. The third-order valence-electron chi connectivity index (χ3n) is 6.50. The Labute approximate surface area is 193 Å². The number of benzene rings is 1. The fraction of sp³-hybridized carbons (Fsp3) is 0.520. The van der Waals surface area contributed by atoms with Gasteiger partial charge in [-0.2, -0.15) is 0 Å². The van der Waals surface area contributed by atoms with Gasteiger partial charge in [0.1, 0.15) is 5.00 Å². The SMILES string of the molecule is CC1(C)Cc2c(sc(NC(=O)c3ccc(NC4CCNCC4)cc3)c2C(=O)O)C(C)(C)C1. The first-order chi connectivity index (χ1) is 15.1. The minimum Gasteiger partial charge on any atom is -0.478 e. The summed E-state index contributed by atoms with van der Waals surface area (Å²) in [5.74, 6) is -1.26. The molecule has 1 aliphatic carbocycles. The number of fused-ring (bicyclic) bond motifs is 1. The van der Waals surface area contributed by atoms with Crippen LogP contribution in [-0.2, 0) is 11.8 Å². The Balaban J connectivity index is 1.54. The molecule has 32 heavy (non-hydrogen) atoms. The van der Waals surface area contributed by atoms with Crippen LogP contribution in [0, 0.1) is 5.41 Å². The van der Waals surface area contributed by atoms with Gasteiger partial charge in [-0.1, -0.05) is 27.7 Å². The van der Waals surface area contributed by atoms with E-state index < -0.39 is 5.97 Å². The second kappa shape index (κ2) is 8.52. The van der Waals surface area contributed by atoms with Gasteiger partial charge in [-0.05, 0) is 79.4 Å². The predicted octanol–water partition coefficient (Wildman–Crippen LogP) is 5.11. The molecule has 0 saturated carbocycles. The third kappa shape index (κ3) is 4.69. The summed E-state index contributed by atoms with van der Waals surface area (Å²) in [6.07, 6.45) is 3.84. The van der Waals surface area contributed by atoms with Crippen molar-refractivity contribution in [1.82, 2.24) is 5.32 Å². The molecule has 0 spiro atoms. The van der Waals surface area contributed by atoms with Crippen molar-refractivity contribution in [3.63, 3.8) is 0 Å². The molecule has 1 aliphatic heterocycles. The molecule has 1 fully saturated rings. The quantitative estimate of drug-likeness (QED) is 0.503. The molecule has 172 valence electrons. The van der Waals surface area contributed by atoms with Crippen molar-refractivity contribution in [3.8, 4) is 0 Å². The van der Waals surface area contributed by atoms with Crippen LogP contribution in [0.25, 0.3) is 0 Å². The zero-order chi connectivity index (χ0) is 23.1. The van der Waals surface area contributed by atoms with Gasteiger partial charge in [0.15, 0.2) is 0 Å². The van der Waals surface area contributed by atoms with Gasteiger partial charge in [0.2, 0.25) is 0 Å². The Bertz CT molecular complexity index is 1020. The fourth-order valence-corrected chi connectivity index (χ4v) is 6.71. The van der Waals surface area contributed by atoms with E-state index in [1.54, 1.807) is 12.1 Å². The molecule has 6 nitrogen and oxygen atoms in total. The van der Waals surface area contributed by atoms with E-state index in [-0.39, 0.29) is 22.3 Å². The lowest BCUT2D eigenvalue weighted by Crippen LogP contribution is -2.35. The van der Waals surface area contributed by atoms with Crippen molar-refractivity contribution in [2.45, 2.75) is 64.8 Å². The molecule has 0 atom stereocenters. The Morgan fingerprint density at radius 1 is 1.09 bits per heavy atom. The van der Waals surface area contributed by atoms with Crippen LogP contribution in [-0.4, -0.2) is 36.1 Å². The van der Waals surface area contributed by atoms with Crippen LogP contribution < -0.4 is 16.0 Å². The number of hydrogen-bond donors (Lipinski definition) is 4. The predicted molar refractivity (Wildman–Crippen MR) is 130 cm³/mol. The smallest absolute Gasteiger partial charge is 0.339 e. The maximum atomic E-state index is 13.0. The molecule has 2 aromatic rings. The van der Waals surface area contributed by atoms with Gasteiger partial charge < -0.3 is 21.1 Å². The van der Waals surface area contributed by atoms with E-state index in [0.717, 1.165) is 48.5 Å². The summed E-state index contributed by atoms with van der Waals surface area (Å²) in [7, 11) is 0. The van der Waals surface area contributed by atoms with Crippen LogP contribution >= 0.6 is 11.3 Å². The van der Waals surface area contributed by atoms with Crippen molar-refractivity contribution in [2.75, 3.05) is 23.7 Å². The number of carboxylic acid groups (broad SMARTS) is 1. The Hall–Kier alpha value is -2.38. The van der Waals surface area contributed by atoms with Crippen LogP contribution in [0.4, 0.5) is 10.7 Å². The second-order valence-corrected chi connectivity index (χ2v) is 11.5. The molecule has 4 N–H and O–H groups in total. The lowest BCUT2D eigenvalue weighted by molar-refractivity contribution is 0.0696. The number of nitrogens with one attached hydrogen (secondary N) is 3. The van der Waals surface area contributed by atoms with E-state index in [4.69, 9.17) is 0 Å². The van der Waals surface area contributed by atoms with Crippen LogP contribution in [0.1, 0.15) is 78.1 Å². The first-order valence-corrected chi connectivity index (χ1v) is 12.2. The van der Waals surface area contributed by atoms with Gasteiger partial charge in [-0.15, -0.1) is 11.3 Å². The van der Waals surface area contributed by atoms with Gasteiger partial charge in [-0.25, -0.2) is 4.79 Å². The lowest BCUT2D eigenvalue weighted by Gasteiger charge is -2.40. The molecule has 7 heteroatoms. The Morgan fingerprint density at radius 2 is 1.75 bits per heavy atom. The molecule has 2 heterocycles. The molecule has 1 aromatic heterocycles. The van der Waals surface area contributed by atoms with E-state index in [9.17, 15) is 14.7 Å². The molecule has 0 unspecified atom stereocenters. The number of carbonyl (C=O) groups is 2. The van der Waals surface area contributed by atoms with E-state index in [1.807, 2.05) is 12.1 Å². The van der Waals surface area contributed by atoms with Crippen molar-refractivity contribution < 1.29 is 14.7 Å². The topological polar surface area (TPSA) is 90.5 Å². The monoisotopic (exact) mass is 455 g/mol. The number of rotatable bonds is 5. The van der Waals surface area contributed by atoms with Crippen LogP contribution in [0.2, 0.25) is 0 Å². The highest BCUT2D eigenvalue weighted by molar-refractivity contribution is 7.17. The first-order valence-electron chi connectivity index (χ1n) is 11.3. The fourth-order valence-electron chi connectivity index (χ4n) is 5.41. The standard InChI is InChI=1S/C25H33N3O3S/c1-24(2)13-18-19(23(30)31)22(32-20(18)25(3,4)14-24)28-21(29)15-5-7-16(8-6-15)27-17-9-11-26-12-10-17/h5-8,17,26-27H,9-14H2,1-4H3,(H,28,29)(H,30,31). The van der Waals surface area contributed by atoms with Crippen LogP contribution in [0.15, 0.2) is 24.3 Å². The number of hydrogen-bond acceptors (Lipinski definition) is 5. The van der Waals surface area contributed by atoms with Gasteiger partial charge >= 0.3 is 5.97 Å². The normalized spacial score (nSPS) is 19.8. The van der Waals surface area contributed by atoms with Gasteiger partial charge in [0.25, 0.3) is 5.91 Å². The molecule has 0 bridgehead atoms. The van der Waals surface area contributed by atoms with Crippen molar-refractivity contribution >= 4 is 33.9 Å². The maximum Gasteiger partial charge on any atom is 0.339 e. The average Bonchev–Trinajstić information content (AvgIpc) is 3.06. The summed E-state index contributed by atoms with van der Waals surface area (Å²) < 4.78 is 0. The van der Waals surface area contributed by atoms with Gasteiger partial charge in [-0.3, -0.25) is 4.79 Å². The molecule has 1 amide bonds. The highest BCUT2D eigenvalue weighted by Gasteiger charge is 2.42. The Kier molecular flexibility index (Phi) is 6.07. The number of amides is 1. The molecule has 1 saturated heterocycles. The molecule has 0 radical (unpaired) electrons. The molecule has 1 aromatic carbocycles. The van der Waals surface area contributed by atoms with E-state index in [1.165, 1.54) is 11.3 Å². The summed E-state index contributed by atoms with van der Waals surface area (Å²) in [4.78, 5) is 26.2. The molecule has 2 aliphatic rings. The number of carbonyl (C=O) groups excluding carboxylic acids is 1. The third-order valence-corrected chi connectivity index (χ3v) is 8.01. The minimum absolute atomic E-state index is 0.0142. The maximum absolute atomic E-state index is 13.0. The highest BCUT2D eigenvalue weighted by Crippen LogP contribution is 2.52. The Morgan fingerprint density at radius 3 is 2.38 bits per heavy atom. The number of aromatic carboxylic acids is 1. The first kappa shape index (κ1) is 22.8. The summed E-state index contributed by atoms with van der Waals surface area (Å²) in [6.45, 7) is 10.7. The number of anilines is 2. The van der Waals surface area contributed by atoms with Gasteiger partial charge in [0, 0.05) is 22.2 Å². The van der Waals surface area contributed by atoms with Crippen molar-refractivity contribution in [3.05, 3.63) is 45.8 Å². The van der Waals surface area contributed by atoms with Crippen LogP contribution in [0.3, 0.4) is 0 Å². The zero-order valence-electron chi connectivity index (χ0n) is 19.3. The number of thiophene rings is 1.